The van der Waals surface area contributed by atoms with Gasteiger partial charge < -0.3 is 9.64 Å². The average molecular weight is 457 g/mol. The summed E-state index contributed by atoms with van der Waals surface area (Å²) in [7, 11) is 1.99. The van der Waals surface area contributed by atoms with Gasteiger partial charge in [-0.1, -0.05) is 18.2 Å². The summed E-state index contributed by atoms with van der Waals surface area (Å²) < 4.78 is 6.82. The molecule has 3 aromatic rings. The highest BCUT2D eigenvalue weighted by molar-refractivity contribution is 9.10. The van der Waals surface area contributed by atoms with Crippen LogP contribution in [0.5, 0.6) is 11.6 Å². The van der Waals surface area contributed by atoms with Crippen molar-refractivity contribution in [2.75, 3.05) is 13.6 Å². The largest absolute Gasteiger partial charge is 0.438 e. The first-order valence-electron chi connectivity index (χ1n) is 8.83. The smallest absolute Gasteiger partial charge is 0.223 e. The Morgan fingerprint density at radius 2 is 2.00 bits per heavy atom. The Labute approximate surface area is 178 Å². The van der Waals surface area contributed by atoms with Crippen molar-refractivity contribution in [3.63, 3.8) is 0 Å². The third-order valence-electron chi connectivity index (χ3n) is 3.92. The maximum atomic E-state index is 6.00. The van der Waals surface area contributed by atoms with Crippen LogP contribution in [0.15, 0.2) is 74.2 Å². The predicted molar refractivity (Wildman–Crippen MR) is 118 cm³/mol. The fraction of sp³-hybridized carbons (Fsp3) is 0.190. The van der Waals surface area contributed by atoms with Gasteiger partial charge in [-0.15, -0.1) is 0 Å². The van der Waals surface area contributed by atoms with E-state index in [-0.39, 0.29) is 0 Å². The van der Waals surface area contributed by atoms with E-state index >= 15 is 0 Å². The Balaban J connectivity index is 1.77. The van der Waals surface area contributed by atoms with Crippen LogP contribution >= 0.6 is 27.7 Å². The van der Waals surface area contributed by atoms with Crippen molar-refractivity contribution in [1.82, 2.24) is 14.9 Å². The van der Waals surface area contributed by atoms with Gasteiger partial charge in [0.05, 0.1) is 16.5 Å². The van der Waals surface area contributed by atoms with E-state index in [1.54, 1.807) is 12.3 Å². The number of hydrogen-bond donors (Lipinski definition) is 0. The molecule has 5 nitrogen and oxygen atoms in total. The van der Waals surface area contributed by atoms with Crippen molar-refractivity contribution in [2.24, 2.45) is 4.99 Å². The Morgan fingerprint density at radius 1 is 1.21 bits per heavy atom. The quantitative estimate of drug-likeness (QED) is 0.244. The average Bonchev–Trinajstić information content (AvgIpc) is 2.70. The Hall–Kier alpha value is -2.38. The monoisotopic (exact) mass is 456 g/mol. The first-order chi connectivity index (χ1) is 13.5. The zero-order chi connectivity index (χ0) is 19.9. The molecule has 0 spiro atoms. The molecule has 0 atom stereocenters. The lowest BCUT2D eigenvalue weighted by atomic mass is 10.2. The van der Waals surface area contributed by atoms with E-state index in [1.165, 1.54) is 11.8 Å². The lowest BCUT2D eigenvalue weighted by Gasteiger charge is -2.12. The zero-order valence-electron chi connectivity index (χ0n) is 16.0. The standard InChI is InChI=1S/C21H21BrN4OS/c1-4-26(3)14-24-18-13-17(22)19(12-15(18)2)27-20-10-11-23-21(25-20)28-16-8-6-5-7-9-16/h5-14H,4H2,1-3H3. The summed E-state index contributed by atoms with van der Waals surface area (Å²) in [6.45, 7) is 4.99. The number of rotatable bonds is 7. The number of ether oxygens (including phenoxy) is 1. The van der Waals surface area contributed by atoms with E-state index < -0.39 is 0 Å². The van der Waals surface area contributed by atoms with Gasteiger partial charge in [-0.25, -0.2) is 9.98 Å². The molecule has 0 fully saturated rings. The van der Waals surface area contributed by atoms with Crippen molar-refractivity contribution in [3.05, 3.63) is 64.8 Å². The molecule has 0 radical (unpaired) electrons. The van der Waals surface area contributed by atoms with Gasteiger partial charge in [0.2, 0.25) is 5.88 Å². The molecule has 1 aromatic heterocycles. The molecule has 3 rings (SSSR count). The summed E-state index contributed by atoms with van der Waals surface area (Å²) in [4.78, 5) is 16.4. The van der Waals surface area contributed by atoms with Crippen LogP contribution in [0.4, 0.5) is 5.69 Å². The summed E-state index contributed by atoms with van der Waals surface area (Å²) in [6.07, 6.45) is 3.53. The van der Waals surface area contributed by atoms with E-state index in [4.69, 9.17) is 4.74 Å². The molecule has 2 aromatic carbocycles. The molecule has 0 aliphatic carbocycles. The minimum Gasteiger partial charge on any atom is -0.438 e. The van der Waals surface area contributed by atoms with Gasteiger partial charge >= 0.3 is 0 Å². The molecule has 0 N–H and O–H groups in total. The molecular formula is C21H21BrN4OS. The molecule has 28 heavy (non-hydrogen) atoms. The first kappa shape index (κ1) is 20.4. The lowest BCUT2D eigenvalue weighted by Crippen LogP contribution is -2.14. The molecule has 0 amide bonds. The fourth-order valence-corrected chi connectivity index (χ4v) is 3.41. The van der Waals surface area contributed by atoms with Crippen LogP contribution in [-0.4, -0.2) is 34.8 Å². The summed E-state index contributed by atoms with van der Waals surface area (Å²) in [6, 6.07) is 15.7. The second-order valence-corrected chi connectivity index (χ2v) is 7.98. The number of halogens is 1. The minimum absolute atomic E-state index is 0.496. The summed E-state index contributed by atoms with van der Waals surface area (Å²) in [5, 5.41) is 0.639. The van der Waals surface area contributed by atoms with Gasteiger partial charge in [0.1, 0.15) is 5.75 Å². The Kier molecular flexibility index (Phi) is 7.06. The minimum atomic E-state index is 0.496. The maximum Gasteiger partial charge on any atom is 0.223 e. The number of nitrogens with zero attached hydrogens (tertiary/aromatic N) is 4. The van der Waals surface area contributed by atoms with Gasteiger partial charge in [-0.05, 0) is 71.4 Å². The van der Waals surface area contributed by atoms with Crippen LogP contribution in [0.3, 0.4) is 0 Å². The first-order valence-corrected chi connectivity index (χ1v) is 10.4. The molecule has 0 aliphatic heterocycles. The molecule has 0 aliphatic rings. The lowest BCUT2D eigenvalue weighted by molar-refractivity contribution is 0.452. The number of benzene rings is 2. The van der Waals surface area contributed by atoms with Gasteiger partial charge in [0.15, 0.2) is 5.16 Å². The van der Waals surface area contributed by atoms with E-state index in [0.29, 0.717) is 16.8 Å². The molecule has 0 bridgehead atoms. The zero-order valence-corrected chi connectivity index (χ0v) is 18.4. The second kappa shape index (κ2) is 9.71. The molecule has 7 heteroatoms. The van der Waals surface area contributed by atoms with E-state index in [1.807, 2.05) is 67.7 Å². The van der Waals surface area contributed by atoms with Crippen molar-refractivity contribution in [2.45, 2.75) is 23.9 Å². The normalized spacial score (nSPS) is 11.0. The molecule has 1 heterocycles. The third kappa shape index (κ3) is 5.56. The van der Waals surface area contributed by atoms with Gasteiger partial charge in [-0.3, -0.25) is 0 Å². The van der Waals surface area contributed by atoms with Crippen molar-refractivity contribution in [1.29, 1.82) is 0 Å². The summed E-state index contributed by atoms with van der Waals surface area (Å²) >= 11 is 5.07. The number of aliphatic imine (C=N–C) groups is 1. The highest BCUT2D eigenvalue weighted by Crippen LogP contribution is 2.35. The van der Waals surface area contributed by atoms with Crippen molar-refractivity contribution in [3.8, 4) is 11.6 Å². The van der Waals surface area contributed by atoms with Crippen LogP contribution in [0.1, 0.15) is 12.5 Å². The number of aromatic nitrogens is 2. The molecule has 0 saturated carbocycles. The van der Waals surface area contributed by atoms with Gasteiger partial charge in [-0.2, -0.15) is 4.98 Å². The molecular weight excluding hydrogens is 436 g/mol. The van der Waals surface area contributed by atoms with Gasteiger partial charge in [0, 0.05) is 30.8 Å². The Morgan fingerprint density at radius 3 is 2.75 bits per heavy atom. The van der Waals surface area contributed by atoms with Crippen LogP contribution in [0.2, 0.25) is 0 Å². The van der Waals surface area contributed by atoms with E-state index in [2.05, 4.69) is 37.8 Å². The highest BCUT2D eigenvalue weighted by atomic mass is 79.9. The van der Waals surface area contributed by atoms with E-state index in [0.717, 1.165) is 27.2 Å². The van der Waals surface area contributed by atoms with Crippen LogP contribution < -0.4 is 4.74 Å². The highest BCUT2D eigenvalue weighted by Gasteiger charge is 2.10. The third-order valence-corrected chi connectivity index (χ3v) is 5.42. The topological polar surface area (TPSA) is 50.6 Å². The summed E-state index contributed by atoms with van der Waals surface area (Å²) in [5.74, 6) is 1.19. The molecule has 0 saturated heterocycles. The van der Waals surface area contributed by atoms with Crippen LogP contribution in [0.25, 0.3) is 0 Å². The second-order valence-electron chi connectivity index (χ2n) is 6.08. The summed E-state index contributed by atoms with van der Waals surface area (Å²) in [5.41, 5.74) is 1.91. The van der Waals surface area contributed by atoms with Crippen LogP contribution in [-0.2, 0) is 0 Å². The van der Waals surface area contributed by atoms with E-state index in [9.17, 15) is 0 Å². The maximum absolute atomic E-state index is 6.00. The predicted octanol–water partition coefficient (Wildman–Crippen LogP) is 6.10. The van der Waals surface area contributed by atoms with Crippen molar-refractivity contribution < 1.29 is 4.74 Å². The molecule has 144 valence electrons. The van der Waals surface area contributed by atoms with Gasteiger partial charge in [0.25, 0.3) is 0 Å². The molecule has 0 unspecified atom stereocenters. The van der Waals surface area contributed by atoms with Crippen LogP contribution in [0, 0.1) is 6.92 Å². The SMILES string of the molecule is CCN(C)C=Nc1cc(Br)c(Oc2ccnc(Sc3ccccc3)n2)cc1C. The number of hydrogen-bond acceptors (Lipinski definition) is 5. The fourth-order valence-electron chi connectivity index (χ4n) is 2.24. The van der Waals surface area contributed by atoms with Crippen molar-refractivity contribution >= 4 is 39.7 Å². The Bertz CT molecular complexity index is 966. The number of aryl methyl sites for hydroxylation is 1.